The van der Waals surface area contributed by atoms with Crippen LogP contribution >= 0.6 is 0 Å². The molecule has 5 heteroatoms. The summed E-state index contributed by atoms with van der Waals surface area (Å²) in [5.74, 6) is 1.59. The van der Waals surface area contributed by atoms with E-state index in [1.54, 1.807) is 6.33 Å². The van der Waals surface area contributed by atoms with Crippen molar-refractivity contribution in [3.63, 3.8) is 0 Å². The van der Waals surface area contributed by atoms with Crippen LogP contribution in [-0.2, 0) is 11.2 Å². The predicted octanol–water partition coefficient (Wildman–Crippen LogP) is 0.848. The van der Waals surface area contributed by atoms with Crippen molar-refractivity contribution in [2.75, 3.05) is 36.9 Å². The molecule has 2 heterocycles. The maximum Gasteiger partial charge on any atom is 0.137 e. The fraction of sp³-hybridized carbons (Fsp3) is 0.636. The molecule has 1 aliphatic heterocycles. The molecule has 0 aromatic carbocycles. The Hall–Kier alpha value is -1.36. The Balaban J connectivity index is 2.27. The number of hydrogen-bond donors (Lipinski definition) is 1. The lowest BCUT2D eigenvalue weighted by atomic mass is 10.1. The van der Waals surface area contributed by atoms with Gasteiger partial charge in [-0.3, -0.25) is 0 Å². The second kappa shape index (κ2) is 5.12. The summed E-state index contributed by atoms with van der Waals surface area (Å²) in [5, 5.41) is 0. The van der Waals surface area contributed by atoms with E-state index in [0.717, 1.165) is 50.5 Å². The molecule has 1 saturated heterocycles. The van der Waals surface area contributed by atoms with E-state index in [4.69, 9.17) is 10.5 Å². The van der Waals surface area contributed by atoms with Gasteiger partial charge in [0.25, 0.3) is 0 Å². The van der Waals surface area contributed by atoms with Crippen LogP contribution in [0.2, 0.25) is 0 Å². The molecule has 0 radical (unpaired) electrons. The molecule has 0 unspecified atom stereocenters. The third-order valence-electron chi connectivity index (χ3n) is 2.77. The first-order valence-electron chi connectivity index (χ1n) is 5.75. The van der Waals surface area contributed by atoms with Gasteiger partial charge in [-0.2, -0.15) is 0 Å². The normalized spacial score (nSPS) is 16.4. The van der Waals surface area contributed by atoms with E-state index in [2.05, 4.69) is 21.8 Å². The molecular weight excluding hydrogens is 204 g/mol. The average Bonchev–Trinajstić information content (AvgIpc) is 2.33. The summed E-state index contributed by atoms with van der Waals surface area (Å²) in [7, 11) is 0. The van der Waals surface area contributed by atoms with Crippen LogP contribution in [0.4, 0.5) is 11.6 Å². The largest absolute Gasteiger partial charge is 0.383 e. The first kappa shape index (κ1) is 11.1. The molecule has 88 valence electrons. The van der Waals surface area contributed by atoms with E-state index in [9.17, 15) is 0 Å². The third kappa shape index (κ3) is 2.24. The van der Waals surface area contributed by atoms with Gasteiger partial charge in [-0.25, -0.2) is 9.97 Å². The summed E-state index contributed by atoms with van der Waals surface area (Å²) < 4.78 is 5.33. The zero-order valence-corrected chi connectivity index (χ0v) is 9.65. The van der Waals surface area contributed by atoms with Gasteiger partial charge in [0.05, 0.1) is 13.2 Å². The van der Waals surface area contributed by atoms with Gasteiger partial charge in [0.15, 0.2) is 0 Å². The third-order valence-corrected chi connectivity index (χ3v) is 2.77. The standard InChI is InChI=1S/C11H18N4O/c1-2-3-9-10(12)13-8-14-11(9)15-4-6-16-7-5-15/h8H,2-7H2,1H3,(H2,12,13,14). The van der Waals surface area contributed by atoms with Gasteiger partial charge in [0, 0.05) is 18.7 Å². The Labute approximate surface area is 95.6 Å². The van der Waals surface area contributed by atoms with Gasteiger partial charge < -0.3 is 15.4 Å². The van der Waals surface area contributed by atoms with Gasteiger partial charge in [0.1, 0.15) is 18.0 Å². The monoisotopic (exact) mass is 222 g/mol. The van der Waals surface area contributed by atoms with Crippen molar-refractivity contribution >= 4 is 11.6 Å². The van der Waals surface area contributed by atoms with Gasteiger partial charge in [0.2, 0.25) is 0 Å². The maximum atomic E-state index is 5.91. The van der Waals surface area contributed by atoms with Crippen molar-refractivity contribution in [2.45, 2.75) is 19.8 Å². The van der Waals surface area contributed by atoms with Crippen LogP contribution in [0.1, 0.15) is 18.9 Å². The minimum Gasteiger partial charge on any atom is -0.383 e. The van der Waals surface area contributed by atoms with Crippen molar-refractivity contribution in [3.8, 4) is 0 Å². The van der Waals surface area contributed by atoms with E-state index in [-0.39, 0.29) is 0 Å². The van der Waals surface area contributed by atoms with Crippen LogP contribution in [0.25, 0.3) is 0 Å². The topological polar surface area (TPSA) is 64.3 Å². The molecule has 0 saturated carbocycles. The summed E-state index contributed by atoms with van der Waals surface area (Å²) in [5.41, 5.74) is 6.98. The molecule has 1 fully saturated rings. The molecule has 1 aromatic rings. The second-order valence-electron chi connectivity index (χ2n) is 3.91. The molecule has 2 rings (SSSR count). The molecule has 1 aliphatic rings. The van der Waals surface area contributed by atoms with Crippen LogP contribution in [0.3, 0.4) is 0 Å². The average molecular weight is 222 g/mol. The number of hydrogen-bond acceptors (Lipinski definition) is 5. The summed E-state index contributed by atoms with van der Waals surface area (Å²) >= 11 is 0. The lowest BCUT2D eigenvalue weighted by Gasteiger charge is -2.29. The Bertz CT molecular complexity index is 350. The molecule has 0 amide bonds. The second-order valence-corrected chi connectivity index (χ2v) is 3.91. The number of nitrogens with two attached hydrogens (primary N) is 1. The molecule has 0 bridgehead atoms. The summed E-state index contributed by atoms with van der Waals surface area (Å²) in [4.78, 5) is 10.7. The van der Waals surface area contributed by atoms with Crippen molar-refractivity contribution < 1.29 is 4.74 Å². The van der Waals surface area contributed by atoms with E-state index in [0.29, 0.717) is 5.82 Å². The van der Waals surface area contributed by atoms with Gasteiger partial charge >= 0.3 is 0 Å². The molecule has 0 atom stereocenters. The molecule has 5 nitrogen and oxygen atoms in total. The Kier molecular flexibility index (Phi) is 3.56. The number of aromatic nitrogens is 2. The lowest BCUT2D eigenvalue weighted by Crippen LogP contribution is -2.37. The number of morpholine rings is 1. The van der Waals surface area contributed by atoms with Gasteiger partial charge in [-0.1, -0.05) is 13.3 Å². The van der Waals surface area contributed by atoms with Crippen molar-refractivity contribution in [2.24, 2.45) is 0 Å². The smallest absolute Gasteiger partial charge is 0.137 e. The molecule has 16 heavy (non-hydrogen) atoms. The molecule has 0 spiro atoms. The fourth-order valence-corrected chi connectivity index (χ4v) is 1.95. The SMILES string of the molecule is CCCc1c(N)ncnc1N1CCOCC1. The van der Waals surface area contributed by atoms with Gasteiger partial charge in [-0.15, -0.1) is 0 Å². The summed E-state index contributed by atoms with van der Waals surface area (Å²) in [6, 6.07) is 0. The van der Waals surface area contributed by atoms with Crippen LogP contribution in [0, 0.1) is 0 Å². The first-order chi connectivity index (χ1) is 7.83. The summed E-state index contributed by atoms with van der Waals surface area (Å²) in [6.45, 7) is 5.42. The van der Waals surface area contributed by atoms with Crippen LogP contribution in [-0.4, -0.2) is 36.3 Å². The predicted molar refractivity (Wildman–Crippen MR) is 63.5 cm³/mol. The molecule has 0 aliphatic carbocycles. The zero-order chi connectivity index (χ0) is 11.4. The zero-order valence-electron chi connectivity index (χ0n) is 9.65. The Morgan fingerprint density at radius 2 is 2.12 bits per heavy atom. The lowest BCUT2D eigenvalue weighted by molar-refractivity contribution is 0.122. The molecule has 2 N–H and O–H groups in total. The van der Waals surface area contributed by atoms with E-state index < -0.39 is 0 Å². The van der Waals surface area contributed by atoms with E-state index in [1.165, 1.54) is 0 Å². The Morgan fingerprint density at radius 3 is 2.81 bits per heavy atom. The number of nitrogens with zero attached hydrogens (tertiary/aromatic N) is 3. The van der Waals surface area contributed by atoms with Crippen LogP contribution < -0.4 is 10.6 Å². The van der Waals surface area contributed by atoms with E-state index >= 15 is 0 Å². The highest BCUT2D eigenvalue weighted by Gasteiger charge is 2.17. The van der Waals surface area contributed by atoms with Crippen molar-refractivity contribution in [3.05, 3.63) is 11.9 Å². The molecule has 1 aromatic heterocycles. The number of rotatable bonds is 3. The minimum atomic E-state index is 0.610. The van der Waals surface area contributed by atoms with Crippen molar-refractivity contribution in [1.29, 1.82) is 0 Å². The Morgan fingerprint density at radius 1 is 1.38 bits per heavy atom. The number of anilines is 2. The van der Waals surface area contributed by atoms with Crippen LogP contribution in [0.15, 0.2) is 6.33 Å². The number of ether oxygens (including phenoxy) is 1. The fourth-order valence-electron chi connectivity index (χ4n) is 1.95. The maximum absolute atomic E-state index is 5.91. The highest BCUT2D eigenvalue weighted by atomic mass is 16.5. The quantitative estimate of drug-likeness (QED) is 0.821. The molecular formula is C11H18N4O. The van der Waals surface area contributed by atoms with E-state index in [1.807, 2.05) is 0 Å². The first-order valence-corrected chi connectivity index (χ1v) is 5.75. The minimum absolute atomic E-state index is 0.610. The van der Waals surface area contributed by atoms with Gasteiger partial charge in [-0.05, 0) is 6.42 Å². The highest BCUT2D eigenvalue weighted by Crippen LogP contribution is 2.23. The van der Waals surface area contributed by atoms with Crippen LogP contribution in [0.5, 0.6) is 0 Å². The summed E-state index contributed by atoms with van der Waals surface area (Å²) in [6.07, 6.45) is 3.52. The van der Waals surface area contributed by atoms with Crippen molar-refractivity contribution in [1.82, 2.24) is 9.97 Å². The highest BCUT2D eigenvalue weighted by molar-refractivity contribution is 5.56. The number of nitrogen functional groups attached to an aromatic ring is 1.